The molecule has 0 aliphatic heterocycles. The minimum absolute atomic E-state index is 0.466. The summed E-state index contributed by atoms with van der Waals surface area (Å²) in [7, 11) is 0. The Morgan fingerprint density at radius 2 is 2.58 bits per heavy atom. The van der Waals surface area contributed by atoms with Gasteiger partial charge in [0.15, 0.2) is 12.1 Å². The predicted octanol–water partition coefficient (Wildman–Crippen LogP) is 1.11. The van der Waals surface area contributed by atoms with Crippen LogP contribution in [0.4, 0.5) is 0 Å². The summed E-state index contributed by atoms with van der Waals surface area (Å²) in [6.45, 7) is 2.53. The lowest BCUT2D eigenvalue weighted by Gasteiger charge is -1.98. The standard InChI is InChI=1S/C9H10N2O/c1-2-3-4-6-11-7-5-10-9(11)8-12/h5,7-8H,4,6H2,1H3. The highest BCUT2D eigenvalue weighted by molar-refractivity contribution is 5.69. The molecule has 0 fully saturated rings. The van der Waals surface area contributed by atoms with Crippen LogP contribution in [0.3, 0.4) is 0 Å². The number of hydrogen-bond donors (Lipinski definition) is 0. The largest absolute Gasteiger partial charge is 0.328 e. The summed E-state index contributed by atoms with van der Waals surface area (Å²) in [4.78, 5) is 14.3. The van der Waals surface area contributed by atoms with E-state index in [4.69, 9.17) is 0 Å². The molecule has 0 atom stereocenters. The lowest BCUT2D eigenvalue weighted by Crippen LogP contribution is -2.00. The van der Waals surface area contributed by atoms with Gasteiger partial charge in [-0.3, -0.25) is 4.79 Å². The minimum atomic E-state index is 0.466. The molecule has 62 valence electrons. The molecule has 1 rings (SSSR count). The zero-order valence-electron chi connectivity index (χ0n) is 6.95. The van der Waals surface area contributed by atoms with Gasteiger partial charge in [-0.15, -0.1) is 11.8 Å². The molecule has 0 saturated heterocycles. The van der Waals surface area contributed by atoms with E-state index >= 15 is 0 Å². The second-order valence-electron chi connectivity index (χ2n) is 2.27. The highest BCUT2D eigenvalue weighted by Crippen LogP contribution is 1.95. The van der Waals surface area contributed by atoms with Crippen LogP contribution in [0.5, 0.6) is 0 Å². The molecular weight excluding hydrogens is 152 g/mol. The lowest BCUT2D eigenvalue weighted by molar-refractivity contribution is 0.111. The van der Waals surface area contributed by atoms with Gasteiger partial charge in [0.05, 0.1) is 0 Å². The summed E-state index contributed by atoms with van der Waals surface area (Å²) in [6.07, 6.45) is 4.90. The zero-order chi connectivity index (χ0) is 8.81. The molecule has 3 nitrogen and oxygen atoms in total. The molecule has 0 spiro atoms. The Balaban J connectivity index is 2.59. The first-order valence-electron chi connectivity index (χ1n) is 3.74. The van der Waals surface area contributed by atoms with Crippen molar-refractivity contribution in [3.05, 3.63) is 18.2 Å². The van der Waals surface area contributed by atoms with E-state index in [0.29, 0.717) is 5.82 Å². The van der Waals surface area contributed by atoms with Crippen molar-refractivity contribution in [3.63, 3.8) is 0 Å². The van der Waals surface area contributed by atoms with Crippen molar-refractivity contribution in [2.24, 2.45) is 0 Å². The van der Waals surface area contributed by atoms with Crippen LogP contribution < -0.4 is 0 Å². The van der Waals surface area contributed by atoms with Gasteiger partial charge >= 0.3 is 0 Å². The quantitative estimate of drug-likeness (QED) is 0.493. The second kappa shape index (κ2) is 4.35. The first-order valence-corrected chi connectivity index (χ1v) is 3.74. The monoisotopic (exact) mass is 162 g/mol. The van der Waals surface area contributed by atoms with E-state index in [1.165, 1.54) is 0 Å². The van der Waals surface area contributed by atoms with Gasteiger partial charge in [-0.1, -0.05) is 0 Å². The molecule has 1 aromatic rings. The first-order chi connectivity index (χ1) is 5.88. The molecule has 0 radical (unpaired) electrons. The average molecular weight is 162 g/mol. The fourth-order valence-electron chi connectivity index (χ4n) is 0.929. The third-order valence-corrected chi connectivity index (χ3v) is 1.51. The summed E-state index contributed by atoms with van der Waals surface area (Å²) in [5.41, 5.74) is 0. The normalized spacial score (nSPS) is 8.75. The highest BCUT2D eigenvalue weighted by Gasteiger charge is 1.97. The molecule has 12 heavy (non-hydrogen) atoms. The first kappa shape index (κ1) is 8.54. The Labute approximate surface area is 71.4 Å². The molecule has 0 amide bonds. The molecule has 1 aromatic heterocycles. The fourth-order valence-corrected chi connectivity index (χ4v) is 0.929. The average Bonchev–Trinajstić information content (AvgIpc) is 2.52. The van der Waals surface area contributed by atoms with Gasteiger partial charge in [0.25, 0.3) is 0 Å². The van der Waals surface area contributed by atoms with Crippen LogP contribution >= 0.6 is 0 Å². The molecule has 0 aliphatic rings. The smallest absolute Gasteiger partial charge is 0.185 e. The summed E-state index contributed by atoms with van der Waals surface area (Å²) in [5, 5.41) is 0. The van der Waals surface area contributed by atoms with E-state index in [1.807, 2.05) is 0 Å². The van der Waals surface area contributed by atoms with Crippen molar-refractivity contribution < 1.29 is 4.79 Å². The molecule has 0 N–H and O–H groups in total. The van der Waals surface area contributed by atoms with Crippen LogP contribution in [0.15, 0.2) is 12.4 Å². The van der Waals surface area contributed by atoms with Crippen molar-refractivity contribution in [3.8, 4) is 11.8 Å². The van der Waals surface area contributed by atoms with E-state index in [0.717, 1.165) is 19.3 Å². The third kappa shape index (κ3) is 1.96. The summed E-state index contributed by atoms with van der Waals surface area (Å²) in [5.74, 6) is 6.18. The van der Waals surface area contributed by atoms with Gasteiger partial charge in [0.2, 0.25) is 0 Å². The highest BCUT2D eigenvalue weighted by atomic mass is 16.1. The van der Waals surface area contributed by atoms with Crippen molar-refractivity contribution in [1.82, 2.24) is 9.55 Å². The number of aromatic nitrogens is 2. The zero-order valence-corrected chi connectivity index (χ0v) is 6.95. The Bertz CT molecular complexity index is 317. The Hall–Kier alpha value is -1.56. The number of nitrogens with zero attached hydrogens (tertiary/aromatic N) is 2. The molecule has 1 heterocycles. The fraction of sp³-hybridized carbons (Fsp3) is 0.333. The van der Waals surface area contributed by atoms with E-state index in [2.05, 4.69) is 16.8 Å². The van der Waals surface area contributed by atoms with Crippen molar-refractivity contribution in [1.29, 1.82) is 0 Å². The molecule has 0 bridgehead atoms. The third-order valence-electron chi connectivity index (χ3n) is 1.51. The molecule has 3 heteroatoms. The van der Waals surface area contributed by atoms with Gasteiger partial charge in [0, 0.05) is 25.4 Å². The maximum absolute atomic E-state index is 10.4. The molecule has 0 saturated carbocycles. The number of hydrogen-bond acceptors (Lipinski definition) is 2. The van der Waals surface area contributed by atoms with E-state index in [-0.39, 0.29) is 0 Å². The van der Waals surface area contributed by atoms with Crippen LogP contribution in [0.1, 0.15) is 24.0 Å². The predicted molar refractivity (Wildman–Crippen MR) is 45.7 cm³/mol. The second-order valence-corrected chi connectivity index (χ2v) is 2.27. The maximum atomic E-state index is 10.4. The van der Waals surface area contributed by atoms with Gasteiger partial charge in [-0.2, -0.15) is 0 Å². The SMILES string of the molecule is CC#CCCn1ccnc1C=O. The Kier molecular flexibility index (Phi) is 3.09. The Morgan fingerprint density at radius 3 is 3.25 bits per heavy atom. The van der Waals surface area contributed by atoms with Crippen LogP contribution in [0.25, 0.3) is 0 Å². The number of carbonyl (C=O) groups is 1. The van der Waals surface area contributed by atoms with Crippen LogP contribution in [0, 0.1) is 11.8 Å². The van der Waals surface area contributed by atoms with E-state index in [9.17, 15) is 4.79 Å². The number of aryl methyl sites for hydroxylation is 1. The minimum Gasteiger partial charge on any atom is -0.328 e. The topological polar surface area (TPSA) is 34.9 Å². The summed E-state index contributed by atoms with van der Waals surface area (Å²) >= 11 is 0. The van der Waals surface area contributed by atoms with Crippen LogP contribution in [-0.2, 0) is 6.54 Å². The summed E-state index contributed by atoms with van der Waals surface area (Å²) < 4.78 is 1.79. The van der Waals surface area contributed by atoms with E-state index in [1.54, 1.807) is 23.9 Å². The van der Waals surface area contributed by atoms with Gasteiger partial charge in [-0.25, -0.2) is 4.98 Å². The molecule has 0 unspecified atom stereocenters. The summed E-state index contributed by atoms with van der Waals surface area (Å²) in [6, 6.07) is 0. The Morgan fingerprint density at radius 1 is 1.75 bits per heavy atom. The molecule has 0 aliphatic carbocycles. The van der Waals surface area contributed by atoms with Gasteiger partial charge in [0.1, 0.15) is 0 Å². The number of imidazole rings is 1. The lowest BCUT2D eigenvalue weighted by atomic mass is 10.4. The van der Waals surface area contributed by atoms with Crippen molar-refractivity contribution in [2.45, 2.75) is 19.9 Å². The number of aldehydes is 1. The maximum Gasteiger partial charge on any atom is 0.185 e. The number of carbonyl (C=O) groups excluding carboxylic acids is 1. The number of rotatable bonds is 3. The van der Waals surface area contributed by atoms with E-state index < -0.39 is 0 Å². The molecule has 0 aromatic carbocycles. The van der Waals surface area contributed by atoms with Crippen LogP contribution in [0.2, 0.25) is 0 Å². The van der Waals surface area contributed by atoms with Crippen molar-refractivity contribution in [2.75, 3.05) is 0 Å². The van der Waals surface area contributed by atoms with Gasteiger partial charge < -0.3 is 4.57 Å². The molecular formula is C9H10N2O. The van der Waals surface area contributed by atoms with Crippen molar-refractivity contribution >= 4 is 6.29 Å². The van der Waals surface area contributed by atoms with Crippen LogP contribution in [-0.4, -0.2) is 15.8 Å². The van der Waals surface area contributed by atoms with Gasteiger partial charge in [-0.05, 0) is 6.92 Å².